The summed E-state index contributed by atoms with van der Waals surface area (Å²) < 4.78 is 2.19. The van der Waals surface area contributed by atoms with Crippen molar-refractivity contribution in [2.24, 2.45) is 5.92 Å². The van der Waals surface area contributed by atoms with Gasteiger partial charge in [-0.1, -0.05) is 20.8 Å². The summed E-state index contributed by atoms with van der Waals surface area (Å²) in [4.78, 5) is 4.28. The Morgan fingerprint density at radius 2 is 2.29 bits per heavy atom. The molecule has 0 radical (unpaired) electrons. The van der Waals surface area contributed by atoms with E-state index in [-0.39, 0.29) is 0 Å². The summed E-state index contributed by atoms with van der Waals surface area (Å²) in [5, 5.41) is 3.32. The third-order valence-electron chi connectivity index (χ3n) is 2.20. The SMILES string of the molecule is CCCNc1nccn1CCC(C)C. The van der Waals surface area contributed by atoms with Gasteiger partial charge in [0.15, 0.2) is 0 Å². The Morgan fingerprint density at radius 1 is 1.50 bits per heavy atom. The maximum absolute atomic E-state index is 4.28. The summed E-state index contributed by atoms with van der Waals surface area (Å²) in [6, 6.07) is 0. The molecule has 0 atom stereocenters. The van der Waals surface area contributed by atoms with E-state index in [1.165, 1.54) is 6.42 Å². The second-order valence-electron chi connectivity index (χ2n) is 4.05. The third kappa shape index (κ3) is 3.40. The van der Waals surface area contributed by atoms with Crippen molar-refractivity contribution in [1.29, 1.82) is 0 Å². The highest BCUT2D eigenvalue weighted by atomic mass is 15.2. The van der Waals surface area contributed by atoms with E-state index in [1.807, 2.05) is 12.4 Å². The molecule has 1 rings (SSSR count). The van der Waals surface area contributed by atoms with E-state index in [2.05, 4.69) is 35.6 Å². The van der Waals surface area contributed by atoms with Gasteiger partial charge in [-0.3, -0.25) is 0 Å². The molecule has 0 aliphatic heterocycles. The molecule has 1 aromatic rings. The highest BCUT2D eigenvalue weighted by Gasteiger charge is 2.01. The molecule has 0 unspecified atom stereocenters. The largest absolute Gasteiger partial charge is 0.356 e. The Bertz CT molecular complexity index is 253. The molecule has 1 heterocycles. The minimum absolute atomic E-state index is 0.747. The molecule has 3 nitrogen and oxygen atoms in total. The number of aryl methyl sites for hydroxylation is 1. The van der Waals surface area contributed by atoms with Gasteiger partial charge in [0.2, 0.25) is 5.95 Å². The molecule has 0 bridgehead atoms. The quantitative estimate of drug-likeness (QED) is 0.756. The molecule has 0 aromatic carbocycles. The fraction of sp³-hybridized carbons (Fsp3) is 0.727. The van der Waals surface area contributed by atoms with E-state index < -0.39 is 0 Å². The zero-order valence-corrected chi connectivity index (χ0v) is 9.45. The van der Waals surface area contributed by atoms with E-state index in [0.29, 0.717) is 0 Å². The van der Waals surface area contributed by atoms with Gasteiger partial charge in [-0.05, 0) is 18.8 Å². The minimum atomic E-state index is 0.747. The van der Waals surface area contributed by atoms with Crippen LogP contribution in [0.3, 0.4) is 0 Å². The topological polar surface area (TPSA) is 29.9 Å². The Kier molecular flexibility index (Phi) is 4.50. The van der Waals surface area contributed by atoms with Crippen LogP contribution < -0.4 is 5.32 Å². The molecule has 3 heteroatoms. The highest BCUT2D eigenvalue weighted by molar-refractivity contribution is 5.25. The van der Waals surface area contributed by atoms with E-state index in [9.17, 15) is 0 Å². The molecule has 0 spiro atoms. The number of aromatic nitrogens is 2. The monoisotopic (exact) mass is 195 g/mol. The van der Waals surface area contributed by atoms with E-state index in [1.54, 1.807) is 0 Å². The van der Waals surface area contributed by atoms with Crippen molar-refractivity contribution in [2.75, 3.05) is 11.9 Å². The molecule has 0 aliphatic carbocycles. The molecular weight excluding hydrogens is 174 g/mol. The smallest absolute Gasteiger partial charge is 0.202 e. The van der Waals surface area contributed by atoms with Crippen LogP contribution in [-0.2, 0) is 6.54 Å². The molecule has 0 aliphatic rings. The Hall–Kier alpha value is -0.990. The van der Waals surface area contributed by atoms with Gasteiger partial charge >= 0.3 is 0 Å². The van der Waals surface area contributed by atoms with Crippen LogP contribution in [0, 0.1) is 5.92 Å². The number of rotatable bonds is 6. The van der Waals surface area contributed by atoms with Crippen LogP contribution in [0.2, 0.25) is 0 Å². The van der Waals surface area contributed by atoms with E-state index >= 15 is 0 Å². The second kappa shape index (κ2) is 5.68. The molecule has 80 valence electrons. The van der Waals surface area contributed by atoms with Gasteiger partial charge in [0.05, 0.1) is 0 Å². The molecule has 0 fully saturated rings. The van der Waals surface area contributed by atoms with Gasteiger partial charge < -0.3 is 9.88 Å². The lowest BCUT2D eigenvalue weighted by Crippen LogP contribution is -2.09. The number of nitrogens with one attached hydrogen (secondary N) is 1. The van der Waals surface area contributed by atoms with Crippen molar-refractivity contribution in [2.45, 2.75) is 40.2 Å². The first-order valence-corrected chi connectivity index (χ1v) is 5.49. The van der Waals surface area contributed by atoms with Crippen molar-refractivity contribution in [3.05, 3.63) is 12.4 Å². The van der Waals surface area contributed by atoms with Crippen LogP contribution >= 0.6 is 0 Å². The van der Waals surface area contributed by atoms with Crippen LogP contribution in [0.1, 0.15) is 33.6 Å². The lowest BCUT2D eigenvalue weighted by Gasteiger charge is -2.10. The third-order valence-corrected chi connectivity index (χ3v) is 2.20. The Morgan fingerprint density at radius 3 is 2.93 bits per heavy atom. The molecular formula is C11H21N3. The van der Waals surface area contributed by atoms with Crippen molar-refractivity contribution in [3.63, 3.8) is 0 Å². The summed E-state index contributed by atoms with van der Waals surface area (Å²) >= 11 is 0. The maximum atomic E-state index is 4.28. The van der Waals surface area contributed by atoms with Crippen LogP contribution in [-0.4, -0.2) is 16.1 Å². The van der Waals surface area contributed by atoms with Gasteiger partial charge in [-0.2, -0.15) is 0 Å². The Balaban J connectivity index is 2.45. The average molecular weight is 195 g/mol. The van der Waals surface area contributed by atoms with Crippen molar-refractivity contribution in [1.82, 2.24) is 9.55 Å². The summed E-state index contributed by atoms with van der Waals surface area (Å²) in [6.07, 6.45) is 6.24. The standard InChI is InChI=1S/C11H21N3/c1-4-6-12-11-13-7-9-14(11)8-5-10(2)3/h7,9-10H,4-6,8H2,1-3H3,(H,12,13). The first kappa shape index (κ1) is 11.1. The van der Waals surface area contributed by atoms with Crippen LogP contribution in [0.5, 0.6) is 0 Å². The van der Waals surface area contributed by atoms with E-state index in [4.69, 9.17) is 0 Å². The number of hydrogen-bond acceptors (Lipinski definition) is 2. The number of anilines is 1. The fourth-order valence-corrected chi connectivity index (χ4v) is 1.29. The van der Waals surface area contributed by atoms with E-state index in [0.717, 1.165) is 31.4 Å². The molecule has 0 saturated carbocycles. The first-order chi connectivity index (χ1) is 6.74. The number of imidazole rings is 1. The lowest BCUT2D eigenvalue weighted by atomic mass is 10.1. The summed E-state index contributed by atoms with van der Waals surface area (Å²) in [5.74, 6) is 1.75. The van der Waals surface area contributed by atoms with Gasteiger partial charge in [-0.15, -0.1) is 0 Å². The zero-order chi connectivity index (χ0) is 10.4. The van der Waals surface area contributed by atoms with Crippen molar-refractivity contribution in [3.8, 4) is 0 Å². The lowest BCUT2D eigenvalue weighted by molar-refractivity contribution is 0.518. The average Bonchev–Trinajstić information content (AvgIpc) is 2.58. The number of hydrogen-bond donors (Lipinski definition) is 1. The normalized spacial score (nSPS) is 10.9. The Labute approximate surface area is 86.5 Å². The molecule has 0 amide bonds. The number of nitrogens with zero attached hydrogens (tertiary/aromatic N) is 2. The molecule has 14 heavy (non-hydrogen) atoms. The molecule has 1 aromatic heterocycles. The first-order valence-electron chi connectivity index (χ1n) is 5.49. The molecule has 1 N–H and O–H groups in total. The van der Waals surface area contributed by atoms with Gasteiger partial charge in [0.25, 0.3) is 0 Å². The van der Waals surface area contributed by atoms with Gasteiger partial charge in [-0.25, -0.2) is 4.98 Å². The maximum Gasteiger partial charge on any atom is 0.202 e. The van der Waals surface area contributed by atoms with Crippen LogP contribution in [0.4, 0.5) is 5.95 Å². The van der Waals surface area contributed by atoms with Crippen LogP contribution in [0.15, 0.2) is 12.4 Å². The second-order valence-corrected chi connectivity index (χ2v) is 4.05. The fourth-order valence-electron chi connectivity index (χ4n) is 1.29. The summed E-state index contributed by atoms with van der Waals surface area (Å²) in [6.45, 7) is 8.71. The summed E-state index contributed by atoms with van der Waals surface area (Å²) in [7, 11) is 0. The predicted octanol–water partition coefficient (Wildman–Crippen LogP) is 2.75. The highest BCUT2D eigenvalue weighted by Crippen LogP contribution is 2.08. The van der Waals surface area contributed by atoms with Crippen LogP contribution in [0.25, 0.3) is 0 Å². The van der Waals surface area contributed by atoms with Gasteiger partial charge in [0.1, 0.15) is 0 Å². The van der Waals surface area contributed by atoms with Crippen molar-refractivity contribution < 1.29 is 0 Å². The minimum Gasteiger partial charge on any atom is -0.356 e. The van der Waals surface area contributed by atoms with Crippen molar-refractivity contribution >= 4 is 5.95 Å². The van der Waals surface area contributed by atoms with Gasteiger partial charge in [0, 0.05) is 25.5 Å². The molecule has 0 saturated heterocycles. The zero-order valence-electron chi connectivity index (χ0n) is 9.45. The predicted molar refractivity (Wildman–Crippen MR) is 60.5 cm³/mol. The summed E-state index contributed by atoms with van der Waals surface area (Å²) in [5.41, 5.74) is 0.